The summed E-state index contributed by atoms with van der Waals surface area (Å²) >= 11 is 0. The van der Waals surface area contributed by atoms with Crippen LogP contribution in [-0.2, 0) is 5.41 Å². The van der Waals surface area contributed by atoms with Crippen molar-refractivity contribution in [2.75, 3.05) is 4.90 Å². The molecule has 0 bridgehead atoms. The first-order chi connectivity index (χ1) is 30.5. The SMILES string of the molecule is CC1(C)c2ccccc2-c2ccc(N(c3ccc(-c4ccccc4)cc3)c3cc(-c4ccccc4)ccc3-c3ccc(-c4cccc(-c5cccc6ccccc56)c4)cc3)cc21. The van der Waals surface area contributed by atoms with Gasteiger partial charge in [0.1, 0.15) is 0 Å². The van der Waals surface area contributed by atoms with Crippen LogP contribution in [0, 0.1) is 0 Å². The lowest BCUT2D eigenvalue weighted by Gasteiger charge is -2.30. The molecule has 1 aliphatic carbocycles. The Balaban J connectivity index is 1.06. The van der Waals surface area contributed by atoms with Gasteiger partial charge in [0.2, 0.25) is 0 Å². The molecule has 0 unspecified atom stereocenters. The normalized spacial score (nSPS) is 12.5. The van der Waals surface area contributed by atoms with Crippen molar-refractivity contribution in [1.29, 1.82) is 0 Å². The summed E-state index contributed by atoms with van der Waals surface area (Å²) in [6.07, 6.45) is 0. The van der Waals surface area contributed by atoms with Crippen LogP contribution in [0.2, 0.25) is 0 Å². The first kappa shape index (κ1) is 37.3. The van der Waals surface area contributed by atoms with Crippen molar-refractivity contribution in [2.45, 2.75) is 19.3 Å². The van der Waals surface area contributed by atoms with Gasteiger partial charge in [-0.1, -0.05) is 214 Å². The molecule has 10 aromatic carbocycles. The number of hydrogen-bond donors (Lipinski definition) is 0. The third-order valence-corrected chi connectivity index (χ3v) is 12.9. The summed E-state index contributed by atoms with van der Waals surface area (Å²) in [7, 11) is 0. The Morgan fingerprint density at radius 1 is 0.290 bits per heavy atom. The Kier molecular flexibility index (Phi) is 9.24. The highest BCUT2D eigenvalue weighted by molar-refractivity contribution is 5.98. The second kappa shape index (κ2) is 15.4. The van der Waals surface area contributed by atoms with E-state index in [1.165, 1.54) is 77.5 Å². The number of fused-ring (bicyclic) bond motifs is 4. The van der Waals surface area contributed by atoms with Gasteiger partial charge < -0.3 is 4.90 Å². The minimum absolute atomic E-state index is 0.139. The predicted molar refractivity (Wildman–Crippen MR) is 263 cm³/mol. The fourth-order valence-corrected chi connectivity index (χ4v) is 9.65. The fraction of sp³-hybridized carbons (Fsp3) is 0.0492. The number of hydrogen-bond acceptors (Lipinski definition) is 1. The predicted octanol–water partition coefficient (Wildman–Crippen LogP) is 17.0. The molecule has 0 aliphatic heterocycles. The smallest absolute Gasteiger partial charge is 0.0546 e. The molecule has 0 N–H and O–H groups in total. The number of rotatable bonds is 8. The van der Waals surface area contributed by atoms with Gasteiger partial charge in [-0.3, -0.25) is 0 Å². The van der Waals surface area contributed by atoms with Crippen LogP contribution in [0.4, 0.5) is 17.1 Å². The maximum Gasteiger partial charge on any atom is 0.0546 e. The molecule has 62 heavy (non-hydrogen) atoms. The van der Waals surface area contributed by atoms with Gasteiger partial charge in [0.15, 0.2) is 0 Å². The zero-order chi connectivity index (χ0) is 41.6. The number of benzene rings is 10. The van der Waals surface area contributed by atoms with Crippen LogP contribution < -0.4 is 4.90 Å². The second-order valence-corrected chi connectivity index (χ2v) is 16.9. The fourth-order valence-electron chi connectivity index (χ4n) is 9.65. The van der Waals surface area contributed by atoms with Gasteiger partial charge >= 0.3 is 0 Å². The first-order valence-electron chi connectivity index (χ1n) is 21.6. The molecule has 0 atom stereocenters. The Hall–Kier alpha value is -7.74. The zero-order valence-electron chi connectivity index (χ0n) is 35.0. The zero-order valence-corrected chi connectivity index (χ0v) is 35.0. The van der Waals surface area contributed by atoms with E-state index < -0.39 is 0 Å². The van der Waals surface area contributed by atoms with Crippen LogP contribution in [0.15, 0.2) is 237 Å². The van der Waals surface area contributed by atoms with Crippen molar-refractivity contribution in [3.63, 3.8) is 0 Å². The molecule has 0 saturated heterocycles. The molecule has 10 aromatic rings. The Labute approximate surface area is 364 Å². The second-order valence-electron chi connectivity index (χ2n) is 16.9. The average molecular weight is 792 g/mol. The highest BCUT2D eigenvalue weighted by atomic mass is 15.1. The average Bonchev–Trinajstić information content (AvgIpc) is 3.57. The van der Waals surface area contributed by atoms with E-state index in [9.17, 15) is 0 Å². The van der Waals surface area contributed by atoms with Gasteiger partial charge in [0, 0.05) is 22.4 Å². The molecule has 0 saturated carbocycles. The van der Waals surface area contributed by atoms with Crippen LogP contribution >= 0.6 is 0 Å². The highest BCUT2D eigenvalue weighted by Crippen LogP contribution is 2.51. The Bertz CT molecular complexity index is 3230. The summed E-state index contributed by atoms with van der Waals surface area (Å²) in [6, 6.07) is 86.7. The van der Waals surface area contributed by atoms with Crippen LogP contribution in [0.5, 0.6) is 0 Å². The molecule has 294 valence electrons. The monoisotopic (exact) mass is 791 g/mol. The summed E-state index contributed by atoms with van der Waals surface area (Å²) in [5.74, 6) is 0. The minimum Gasteiger partial charge on any atom is -0.310 e. The van der Waals surface area contributed by atoms with Gasteiger partial charge in [-0.05, 0) is 119 Å². The summed E-state index contributed by atoms with van der Waals surface area (Å²) in [5.41, 5.74) is 20.5. The molecule has 0 heterocycles. The lowest BCUT2D eigenvalue weighted by atomic mass is 9.82. The number of anilines is 3. The van der Waals surface area contributed by atoms with Crippen molar-refractivity contribution < 1.29 is 0 Å². The van der Waals surface area contributed by atoms with Crippen LogP contribution in [-0.4, -0.2) is 0 Å². The third kappa shape index (κ3) is 6.60. The third-order valence-electron chi connectivity index (χ3n) is 12.9. The molecule has 1 aliphatic rings. The van der Waals surface area contributed by atoms with E-state index in [0.29, 0.717) is 0 Å². The van der Waals surface area contributed by atoms with Crippen molar-refractivity contribution in [3.05, 3.63) is 248 Å². The molecular weight excluding hydrogens is 747 g/mol. The molecule has 0 amide bonds. The van der Waals surface area contributed by atoms with E-state index in [4.69, 9.17) is 0 Å². The Morgan fingerprint density at radius 3 is 1.56 bits per heavy atom. The van der Waals surface area contributed by atoms with Crippen LogP contribution in [0.1, 0.15) is 25.0 Å². The van der Waals surface area contributed by atoms with E-state index in [-0.39, 0.29) is 5.41 Å². The van der Waals surface area contributed by atoms with E-state index >= 15 is 0 Å². The lowest BCUT2D eigenvalue weighted by Crippen LogP contribution is -2.17. The van der Waals surface area contributed by atoms with Gasteiger partial charge in [0.05, 0.1) is 5.69 Å². The van der Waals surface area contributed by atoms with Gasteiger partial charge in [-0.2, -0.15) is 0 Å². The lowest BCUT2D eigenvalue weighted by molar-refractivity contribution is 0.660. The van der Waals surface area contributed by atoms with Crippen molar-refractivity contribution in [2.24, 2.45) is 0 Å². The minimum atomic E-state index is -0.139. The summed E-state index contributed by atoms with van der Waals surface area (Å²) in [5, 5.41) is 2.52. The molecule has 0 aromatic heterocycles. The van der Waals surface area contributed by atoms with Crippen molar-refractivity contribution >= 4 is 27.8 Å². The van der Waals surface area contributed by atoms with Crippen LogP contribution in [0.25, 0.3) is 77.5 Å². The van der Waals surface area contributed by atoms with Gasteiger partial charge in [-0.15, -0.1) is 0 Å². The largest absolute Gasteiger partial charge is 0.310 e. The molecule has 11 rings (SSSR count). The first-order valence-corrected chi connectivity index (χ1v) is 21.6. The maximum absolute atomic E-state index is 2.47. The topological polar surface area (TPSA) is 3.24 Å². The quantitative estimate of drug-likeness (QED) is 0.148. The van der Waals surface area contributed by atoms with Gasteiger partial charge in [0.25, 0.3) is 0 Å². The summed E-state index contributed by atoms with van der Waals surface area (Å²) in [4.78, 5) is 2.47. The molecule has 0 radical (unpaired) electrons. The standard InChI is InChI=1S/C61H45N/c1-61(2)58-26-12-11-24-56(58)57-38-36-52(41-59(57)61)62(51-34-31-44(32-35-51)42-15-5-3-6-16-42)60-40-49(43-17-7-4-8-18-43)33-37-55(60)47-29-27-45(28-30-47)48-21-13-22-50(39-48)54-25-14-20-46-19-9-10-23-53(46)54/h3-41H,1-2H3. The van der Waals surface area contributed by atoms with Gasteiger partial charge in [-0.25, -0.2) is 0 Å². The van der Waals surface area contributed by atoms with E-state index in [1.807, 2.05) is 0 Å². The van der Waals surface area contributed by atoms with Crippen molar-refractivity contribution in [3.8, 4) is 66.8 Å². The van der Waals surface area contributed by atoms with E-state index in [1.54, 1.807) is 0 Å². The Morgan fingerprint density at radius 2 is 0.774 bits per heavy atom. The summed E-state index contributed by atoms with van der Waals surface area (Å²) in [6.45, 7) is 4.72. The molecule has 1 nitrogen and oxygen atoms in total. The van der Waals surface area contributed by atoms with E-state index in [2.05, 4.69) is 255 Å². The van der Waals surface area contributed by atoms with Crippen molar-refractivity contribution in [1.82, 2.24) is 0 Å². The highest BCUT2D eigenvalue weighted by Gasteiger charge is 2.36. The van der Waals surface area contributed by atoms with E-state index in [0.717, 1.165) is 28.2 Å². The molecule has 1 heteroatoms. The summed E-state index contributed by atoms with van der Waals surface area (Å²) < 4.78 is 0. The molecule has 0 spiro atoms. The molecule has 0 fully saturated rings. The number of nitrogens with zero attached hydrogens (tertiary/aromatic N) is 1. The molecular formula is C61H45N. The maximum atomic E-state index is 2.47. The van der Waals surface area contributed by atoms with Crippen LogP contribution in [0.3, 0.4) is 0 Å².